The van der Waals surface area contributed by atoms with E-state index in [1.54, 1.807) is 0 Å². The first-order valence-corrected chi connectivity index (χ1v) is 50.1. The van der Waals surface area contributed by atoms with Gasteiger partial charge in [0.1, 0.15) is 95.3 Å². The number of nitrogens with one attached hydrogen (secondary N) is 4. The molecule has 4 aliphatic rings. The van der Waals surface area contributed by atoms with Crippen molar-refractivity contribution in [2.75, 3.05) is 26.3 Å². The Kier molecular flexibility index (Phi) is 34.3. The number of aliphatic hydroxyl groups is 8. The standard InChI is InChI=1S/4C9H13ClFN2O14P3S/c4*10-3-1-13(8(31)12-6(3)16)7-4(14)5(15)9(11,25-7)2-24-29(20,21)27-30(22,23)26-28(17,18)19/h4*1,4-5,7,14-15H,2H2,(H,20,21)(H,22,23)(H,12,16,31)(H2,17,18,19)/t4*4-,5+,7-,9-/m1111/s1/i2D2,7D;7D;2D2;. The molecule has 0 aliphatic carbocycles. The Hall–Kier alpha value is -1.56. The number of ether oxygens (including phenoxy) is 4. The third-order valence-electron chi connectivity index (χ3n) is 12.9. The van der Waals surface area contributed by atoms with Crippen LogP contribution >= 0.6 is 189 Å². The van der Waals surface area contributed by atoms with Gasteiger partial charge in [-0.3, -0.25) is 75.5 Å². The number of nitrogens with zero attached hydrogens (tertiary/aromatic N) is 4. The summed E-state index contributed by atoms with van der Waals surface area (Å²) >= 11 is 41.5. The molecule has 4 fully saturated rings. The Morgan fingerprint density at radius 2 is 0.548 bits per heavy atom. The van der Waals surface area contributed by atoms with E-state index in [0.717, 1.165) is 17.0 Å². The summed E-state index contributed by atoms with van der Waals surface area (Å²) in [7, 11) is -71.1. The molecule has 0 bridgehead atoms. The summed E-state index contributed by atoms with van der Waals surface area (Å²) in [6.07, 6.45) is -28.3. The molecule has 8 rings (SSSR count). The van der Waals surface area contributed by atoms with Crippen LogP contribution in [0.1, 0.15) is 33.1 Å². The Morgan fingerprint density at radius 1 is 0.347 bits per heavy atom. The minimum Gasteiger partial charge on any atom is -0.385 e. The Labute approximate surface area is 723 Å². The fourth-order valence-electron chi connectivity index (χ4n) is 8.24. The van der Waals surface area contributed by atoms with Crippen molar-refractivity contribution >= 4 is 189 Å². The van der Waals surface area contributed by atoms with Crippen LogP contribution in [-0.4, -0.2) is 256 Å². The van der Waals surface area contributed by atoms with Crippen LogP contribution in [0.2, 0.25) is 20.1 Å². The molecular weight excluding hydrogens is 2160 g/mol. The van der Waals surface area contributed by atoms with Gasteiger partial charge in [-0.25, -0.2) is 72.3 Å². The van der Waals surface area contributed by atoms with Crippen LogP contribution in [0.5, 0.6) is 0 Å². The first kappa shape index (κ1) is 103. The summed E-state index contributed by atoms with van der Waals surface area (Å²) in [5.74, 6) is -15.8. The van der Waals surface area contributed by atoms with Crippen molar-refractivity contribution < 1.29 is 271 Å². The van der Waals surface area contributed by atoms with Gasteiger partial charge in [0, 0.05) is 24.8 Å². The molecule has 0 radical (unpaired) electrons. The number of alkyl halides is 4. The molecule has 4 aliphatic heterocycles. The number of H-pyrrole nitrogens is 4. The van der Waals surface area contributed by atoms with Crippen LogP contribution < -0.4 is 22.2 Å². The second kappa shape index (κ2) is 41.3. The number of halogens is 8. The van der Waals surface area contributed by atoms with Gasteiger partial charge in [-0.05, 0) is 48.9 Å². The molecule has 712 valence electrons. The lowest BCUT2D eigenvalue weighted by molar-refractivity contribution is -0.204. The lowest BCUT2D eigenvalue weighted by Crippen LogP contribution is -2.42. The average Bonchev–Trinajstić information content (AvgIpc) is 1.56. The number of phosphoric ester groups is 4. The maximum absolute atomic E-state index is 15.5. The highest BCUT2D eigenvalue weighted by Gasteiger charge is 2.62. The third kappa shape index (κ3) is 32.4. The van der Waals surface area contributed by atoms with Crippen LogP contribution in [0.25, 0.3) is 0 Å². The normalized spacial score (nSPS) is 32.8. The molecule has 28 N–H and O–H groups in total. The number of hydrogen-bond acceptors (Lipinski definition) is 44. The quantitative estimate of drug-likeness (QED) is 0.0163. The number of rotatable bonds is 32. The minimum atomic E-state index is -6.33. The zero-order chi connectivity index (χ0) is 101. The third-order valence-corrected chi connectivity index (χ3v) is 30.1. The van der Waals surface area contributed by atoms with Crippen molar-refractivity contribution in [3.05, 3.63) is 105 Å². The van der Waals surface area contributed by atoms with Gasteiger partial charge in [-0.15, -0.1) is 0 Å². The van der Waals surface area contributed by atoms with Gasteiger partial charge in [0.15, 0.2) is 43.9 Å². The van der Waals surface area contributed by atoms with E-state index in [1.165, 1.54) is 0 Å². The van der Waals surface area contributed by atoms with Gasteiger partial charge in [0.25, 0.3) is 45.7 Å². The highest BCUT2D eigenvalue weighted by atomic mass is 35.5. The maximum atomic E-state index is 15.5. The van der Waals surface area contributed by atoms with Crippen molar-refractivity contribution in [2.45, 2.75) is 97.1 Å². The van der Waals surface area contributed by atoms with Crippen LogP contribution in [0.4, 0.5) is 17.6 Å². The van der Waals surface area contributed by atoms with E-state index >= 15 is 13.2 Å². The molecular formula is C36H52Cl4F4N8O56P12S4. The molecule has 0 aromatic carbocycles. The van der Waals surface area contributed by atoms with Crippen LogP contribution in [0.3, 0.4) is 0 Å². The van der Waals surface area contributed by atoms with E-state index in [2.05, 4.69) is 71.8 Å². The summed E-state index contributed by atoms with van der Waals surface area (Å²) in [4.78, 5) is 195. The summed E-state index contributed by atoms with van der Waals surface area (Å²) in [5, 5.41) is 78.2. The number of hydrogen-bond donors (Lipinski definition) is 28. The topological polar surface area (TPSA) is 989 Å². The number of aromatic nitrogens is 8. The van der Waals surface area contributed by atoms with E-state index in [9.17, 15) is 139 Å². The average molecular weight is 2220 g/mol. The number of aromatic amines is 4. The van der Waals surface area contributed by atoms with Gasteiger partial charge >= 0.3 is 93.9 Å². The molecule has 0 spiro atoms. The molecule has 124 heavy (non-hydrogen) atoms. The van der Waals surface area contributed by atoms with E-state index in [4.69, 9.17) is 167 Å². The molecule has 64 nitrogen and oxygen atoms in total. The fourth-order valence-corrected chi connectivity index (χ4v) is 21.6. The van der Waals surface area contributed by atoms with Crippen molar-refractivity contribution in [3.63, 3.8) is 0 Å². The summed E-state index contributed by atoms with van der Waals surface area (Å²) < 4.78 is 303. The number of phosphoric acid groups is 12. The van der Waals surface area contributed by atoms with Crippen LogP contribution in [-0.2, 0) is 126 Å². The highest BCUT2D eigenvalue weighted by Crippen LogP contribution is 2.70. The second-order valence-corrected chi connectivity index (χ2v) is 42.9. The second-order valence-electron chi connectivity index (χ2n) is 22.2. The van der Waals surface area contributed by atoms with Crippen molar-refractivity contribution in [1.29, 1.82) is 0 Å². The molecule has 4 aromatic heterocycles. The lowest BCUT2D eigenvalue weighted by atomic mass is 10.1. The van der Waals surface area contributed by atoms with E-state index in [-0.39, 0.29) is 4.57 Å². The van der Waals surface area contributed by atoms with Crippen LogP contribution in [0.15, 0.2) is 44.0 Å². The molecule has 0 amide bonds. The zero-order valence-electron chi connectivity index (χ0n) is 63.1. The van der Waals surface area contributed by atoms with Gasteiger partial charge in [-0.1, -0.05) is 46.4 Å². The molecule has 88 heteroatoms. The highest BCUT2D eigenvalue weighted by molar-refractivity contribution is 7.72. The number of aliphatic hydroxyl groups excluding tert-OH is 8. The lowest BCUT2D eigenvalue weighted by Gasteiger charge is -2.24. The zero-order valence-corrected chi connectivity index (χ0v) is 74.1. The predicted octanol–water partition coefficient (Wildman–Crippen LogP) is -0.724. The van der Waals surface area contributed by atoms with E-state index in [0.29, 0.717) is 21.5 Å². The van der Waals surface area contributed by atoms with E-state index in [1.807, 2.05) is 15.0 Å². The maximum Gasteiger partial charge on any atom is 0.490 e. The summed E-state index contributed by atoms with van der Waals surface area (Å²) in [6.45, 7) is -12.3. The van der Waals surface area contributed by atoms with Crippen molar-refractivity contribution in [1.82, 2.24) is 38.2 Å². The SMILES string of the molecule is O=c1[nH]c(=S)n([C@@H]2O[C@](F)(COP(=O)(O)OP(=O)(O)OP(=O)(O)O)[C@@H](O)[C@H]2O)cc1Cl.[2H]C([2H])(OP(=O)(O)OP(=O)(O)OP(=O)(O)O)[C@@]1(F)O[C@@H](n2cc(Cl)c(=O)[nH]c2=S)[C@H](O)[C@@H]1O.[2H]C([2H])(OP(=O)(O)OP(=O)(O)OP(=O)(O)O)[C@@]1(F)O[C@@]([2H])(n2cc(Cl)c(=O)[nH]c2=S)[C@H](O)[C@@H]1O.[2H][C@@]1(n2cc(Cl)c(=O)[nH]c2=S)O[C@](F)(COP(=O)(O)OP(=O)(O)OP(=O)(O)O)[C@@H](O)[C@H]1O. The predicted molar refractivity (Wildman–Crippen MR) is 387 cm³/mol. The minimum absolute atomic E-state index is 0.280. The Bertz CT molecular complexity index is 6140. The van der Waals surface area contributed by atoms with E-state index < -0.39 is 279 Å². The van der Waals surface area contributed by atoms with Gasteiger partial charge < -0.3 is 138 Å². The summed E-state index contributed by atoms with van der Waals surface area (Å²) in [5.41, 5.74) is -3.63. The molecule has 4 aromatic rings. The van der Waals surface area contributed by atoms with Crippen LogP contribution in [0, 0.1) is 19.1 Å². The summed E-state index contributed by atoms with van der Waals surface area (Å²) in [6, 6.07) is 0. The van der Waals surface area contributed by atoms with Crippen molar-refractivity contribution in [3.8, 4) is 0 Å². The molecule has 4 saturated heterocycles. The molecule has 8 unspecified atom stereocenters. The first-order chi connectivity index (χ1) is 57.6. The monoisotopic (exact) mass is 2210 g/mol. The fraction of sp³-hybridized carbons (Fsp3) is 0.556. The van der Waals surface area contributed by atoms with Gasteiger partial charge in [-0.2, -0.15) is 34.5 Å². The Morgan fingerprint density at radius 3 is 0.823 bits per heavy atom. The molecule has 24 atom stereocenters. The molecule has 0 saturated carbocycles. The largest absolute Gasteiger partial charge is 0.490 e. The Balaban J connectivity index is 0.000000307. The first-order valence-electron chi connectivity index (χ1n) is 31.9. The smallest absolute Gasteiger partial charge is 0.385 e. The molecule has 8 heterocycles. The van der Waals surface area contributed by atoms with Gasteiger partial charge in [0.05, 0.1) is 8.22 Å². The van der Waals surface area contributed by atoms with Crippen molar-refractivity contribution in [2.24, 2.45) is 0 Å². The van der Waals surface area contributed by atoms with Gasteiger partial charge in [0.2, 0.25) is 0 Å².